The van der Waals surface area contributed by atoms with Gasteiger partial charge in [-0.05, 0) is 19.3 Å². The zero-order chi connectivity index (χ0) is 21.2. The van der Waals surface area contributed by atoms with Gasteiger partial charge in [0.1, 0.15) is 5.01 Å². The number of carboxylic acids is 2. The van der Waals surface area contributed by atoms with E-state index in [2.05, 4.69) is 25.3 Å². The highest BCUT2D eigenvalue weighted by Gasteiger charge is 2.25. The molecule has 0 atom stereocenters. The molecule has 2 fully saturated rings. The number of rotatable bonds is 5. The van der Waals surface area contributed by atoms with Crippen molar-refractivity contribution in [2.24, 2.45) is 0 Å². The topological polar surface area (TPSA) is 136 Å². The van der Waals surface area contributed by atoms with Crippen molar-refractivity contribution in [3.63, 3.8) is 0 Å². The molecule has 10 nitrogen and oxygen atoms in total. The molecule has 1 saturated carbocycles. The second-order valence-electron chi connectivity index (χ2n) is 7.12. The predicted octanol–water partition coefficient (Wildman–Crippen LogP) is 1.14. The Kier molecular flexibility index (Phi) is 9.42. The van der Waals surface area contributed by atoms with E-state index in [1.807, 2.05) is 6.92 Å². The van der Waals surface area contributed by atoms with E-state index >= 15 is 0 Å². The SMILES string of the molecule is CCc1nnc(NC(=O)CN2CCN(C3CCCCC3)CC2)s1.O=C(O)C(=O)O. The van der Waals surface area contributed by atoms with Gasteiger partial charge in [0.25, 0.3) is 0 Å². The van der Waals surface area contributed by atoms with Gasteiger partial charge in [0.15, 0.2) is 0 Å². The Bertz CT molecular complexity index is 672. The number of aromatic nitrogens is 2. The number of aliphatic carboxylic acids is 2. The van der Waals surface area contributed by atoms with Crippen LogP contribution in [0.5, 0.6) is 0 Å². The molecule has 2 aliphatic rings. The Hall–Kier alpha value is -2.11. The highest BCUT2D eigenvalue weighted by molar-refractivity contribution is 7.15. The fraction of sp³-hybridized carbons (Fsp3) is 0.722. The van der Waals surface area contributed by atoms with Gasteiger partial charge in [0, 0.05) is 32.2 Å². The molecular weight excluding hydrogens is 398 g/mol. The third-order valence-corrected chi connectivity index (χ3v) is 6.05. The largest absolute Gasteiger partial charge is 0.473 e. The molecule has 0 aromatic carbocycles. The van der Waals surface area contributed by atoms with E-state index < -0.39 is 11.9 Å². The standard InChI is InChI=1S/C16H27N5OS.C2H2O4/c1-2-15-18-19-16(23-15)17-14(22)12-20-8-10-21(11-9-20)13-6-4-3-5-7-13;3-1(4)2(5)6/h13H,2-12H2,1H3,(H,17,19,22);(H,3,4)(H,5,6). The van der Waals surface area contributed by atoms with Crippen molar-refractivity contribution in [1.29, 1.82) is 0 Å². The maximum Gasteiger partial charge on any atom is 0.414 e. The average Bonchev–Trinajstić information content (AvgIpc) is 3.17. The summed E-state index contributed by atoms with van der Waals surface area (Å²) in [6, 6.07) is 0.786. The first kappa shape index (κ1) is 23.2. The number of hydrogen-bond acceptors (Lipinski definition) is 8. The van der Waals surface area contributed by atoms with Crippen molar-refractivity contribution in [1.82, 2.24) is 20.0 Å². The van der Waals surface area contributed by atoms with Crippen molar-refractivity contribution in [2.45, 2.75) is 51.5 Å². The number of nitrogens with one attached hydrogen (secondary N) is 1. The molecule has 0 radical (unpaired) electrons. The van der Waals surface area contributed by atoms with Crippen LogP contribution in [0.3, 0.4) is 0 Å². The van der Waals surface area contributed by atoms with E-state index in [0.717, 1.165) is 43.6 Å². The van der Waals surface area contributed by atoms with Crippen LogP contribution in [0, 0.1) is 0 Å². The highest BCUT2D eigenvalue weighted by atomic mass is 32.1. The van der Waals surface area contributed by atoms with Crippen molar-refractivity contribution in [2.75, 3.05) is 38.0 Å². The van der Waals surface area contributed by atoms with Crippen LogP contribution in [-0.4, -0.2) is 86.8 Å². The lowest BCUT2D eigenvalue weighted by atomic mass is 9.94. The quantitative estimate of drug-likeness (QED) is 0.591. The minimum absolute atomic E-state index is 0.0231. The summed E-state index contributed by atoms with van der Waals surface area (Å²) >= 11 is 1.46. The highest BCUT2D eigenvalue weighted by Crippen LogP contribution is 2.23. The smallest absolute Gasteiger partial charge is 0.414 e. The third kappa shape index (κ3) is 8.03. The summed E-state index contributed by atoms with van der Waals surface area (Å²) in [6.45, 7) is 6.66. The van der Waals surface area contributed by atoms with Gasteiger partial charge in [-0.2, -0.15) is 0 Å². The van der Waals surface area contributed by atoms with Crippen LogP contribution in [0.15, 0.2) is 0 Å². The van der Waals surface area contributed by atoms with Gasteiger partial charge in [-0.3, -0.25) is 19.9 Å². The van der Waals surface area contributed by atoms with Gasteiger partial charge in [-0.15, -0.1) is 10.2 Å². The lowest BCUT2D eigenvalue weighted by Crippen LogP contribution is -2.52. The van der Waals surface area contributed by atoms with Crippen LogP contribution < -0.4 is 5.32 Å². The van der Waals surface area contributed by atoms with Gasteiger partial charge >= 0.3 is 11.9 Å². The monoisotopic (exact) mass is 427 g/mol. The van der Waals surface area contributed by atoms with E-state index in [1.165, 1.54) is 43.4 Å². The van der Waals surface area contributed by atoms with E-state index in [0.29, 0.717) is 11.7 Å². The van der Waals surface area contributed by atoms with E-state index in [4.69, 9.17) is 19.8 Å². The molecule has 3 N–H and O–H groups in total. The van der Waals surface area contributed by atoms with Gasteiger partial charge in [-0.1, -0.05) is 37.5 Å². The lowest BCUT2D eigenvalue weighted by Gasteiger charge is -2.40. The number of amides is 1. The summed E-state index contributed by atoms with van der Waals surface area (Å²) in [4.78, 5) is 35.2. The lowest BCUT2D eigenvalue weighted by molar-refractivity contribution is -0.159. The maximum atomic E-state index is 12.1. The molecule has 1 aliphatic heterocycles. The number of nitrogens with zero attached hydrogens (tertiary/aromatic N) is 4. The summed E-state index contributed by atoms with van der Waals surface area (Å²) in [5, 5.41) is 27.3. The molecule has 11 heteroatoms. The number of piperazine rings is 1. The van der Waals surface area contributed by atoms with Crippen LogP contribution in [-0.2, 0) is 20.8 Å². The number of anilines is 1. The fourth-order valence-electron chi connectivity index (χ4n) is 3.54. The van der Waals surface area contributed by atoms with Crippen LogP contribution in [0.1, 0.15) is 44.0 Å². The van der Waals surface area contributed by atoms with Gasteiger partial charge in [-0.25, -0.2) is 9.59 Å². The Balaban J connectivity index is 0.000000438. The van der Waals surface area contributed by atoms with Crippen LogP contribution in [0.2, 0.25) is 0 Å². The first-order valence-corrected chi connectivity index (χ1v) is 10.8. The first-order valence-electron chi connectivity index (χ1n) is 9.94. The second-order valence-corrected chi connectivity index (χ2v) is 8.18. The Morgan fingerprint density at radius 3 is 2.17 bits per heavy atom. The summed E-state index contributed by atoms with van der Waals surface area (Å²) < 4.78 is 0. The Morgan fingerprint density at radius 2 is 1.66 bits per heavy atom. The molecule has 2 heterocycles. The van der Waals surface area contributed by atoms with Crippen molar-refractivity contribution in [3.05, 3.63) is 5.01 Å². The molecule has 3 rings (SSSR count). The predicted molar refractivity (Wildman–Crippen MR) is 108 cm³/mol. The Labute approximate surface area is 173 Å². The van der Waals surface area contributed by atoms with Gasteiger partial charge < -0.3 is 10.2 Å². The normalized spacial score (nSPS) is 18.5. The van der Waals surface area contributed by atoms with Crippen molar-refractivity contribution in [3.8, 4) is 0 Å². The van der Waals surface area contributed by atoms with Crippen LogP contribution in [0.25, 0.3) is 0 Å². The van der Waals surface area contributed by atoms with Gasteiger partial charge in [0.05, 0.1) is 6.54 Å². The number of aryl methyl sites for hydroxylation is 1. The molecule has 0 unspecified atom stereocenters. The summed E-state index contributed by atoms with van der Waals surface area (Å²) in [5.74, 6) is -3.63. The molecule has 1 aromatic rings. The third-order valence-electron chi connectivity index (χ3n) is 5.06. The van der Waals surface area contributed by atoms with E-state index in [1.54, 1.807) is 0 Å². The average molecular weight is 428 g/mol. The number of carbonyl (C=O) groups excluding carboxylic acids is 1. The summed E-state index contributed by atoms with van der Waals surface area (Å²) in [6.07, 6.45) is 7.75. The molecule has 1 saturated heterocycles. The molecule has 162 valence electrons. The summed E-state index contributed by atoms with van der Waals surface area (Å²) in [7, 11) is 0. The van der Waals surface area contributed by atoms with E-state index in [-0.39, 0.29) is 5.91 Å². The van der Waals surface area contributed by atoms with Crippen molar-refractivity contribution < 1.29 is 24.6 Å². The Morgan fingerprint density at radius 1 is 1.03 bits per heavy atom. The number of carboxylic acid groups (broad SMARTS) is 2. The minimum Gasteiger partial charge on any atom is -0.473 e. The molecule has 1 amide bonds. The summed E-state index contributed by atoms with van der Waals surface area (Å²) in [5.41, 5.74) is 0. The van der Waals surface area contributed by atoms with E-state index in [9.17, 15) is 4.79 Å². The zero-order valence-electron chi connectivity index (χ0n) is 16.7. The van der Waals surface area contributed by atoms with Crippen molar-refractivity contribution >= 4 is 34.3 Å². The second kappa shape index (κ2) is 11.8. The molecule has 0 spiro atoms. The maximum absolute atomic E-state index is 12.1. The fourth-order valence-corrected chi connectivity index (χ4v) is 4.24. The van der Waals surface area contributed by atoms with Crippen LogP contribution >= 0.6 is 11.3 Å². The first-order chi connectivity index (χ1) is 13.9. The number of carbonyl (C=O) groups is 3. The number of hydrogen-bond donors (Lipinski definition) is 3. The van der Waals surface area contributed by atoms with Gasteiger partial charge in [0.2, 0.25) is 11.0 Å². The molecule has 29 heavy (non-hydrogen) atoms. The molecular formula is C18H29N5O5S. The van der Waals surface area contributed by atoms with Crippen LogP contribution in [0.4, 0.5) is 5.13 Å². The minimum atomic E-state index is -1.82. The molecule has 0 bridgehead atoms. The molecule has 1 aliphatic carbocycles. The zero-order valence-corrected chi connectivity index (χ0v) is 17.5. The molecule has 1 aromatic heterocycles.